The number of nitrogens with zero attached hydrogens (tertiary/aromatic N) is 2. The van der Waals surface area contributed by atoms with Crippen molar-refractivity contribution >= 4 is 40.6 Å². The van der Waals surface area contributed by atoms with E-state index < -0.39 is 17.9 Å². The van der Waals surface area contributed by atoms with Crippen molar-refractivity contribution < 1.29 is 18.8 Å². The maximum absolute atomic E-state index is 13.9. The van der Waals surface area contributed by atoms with E-state index in [1.807, 2.05) is 12.1 Å². The number of aromatic nitrogens is 1. The lowest BCUT2D eigenvalue weighted by molar-refractivity contribution is -0.123. The maximum Gasteiger partial charge on any atom is 0.273 e. The molecule has 0 saturated heterocycles. The van der Waals surface area contributed by atoms with E-state index in [1.54, 1.807) is 24.3 Å². The zero-order valence-corrected chi connectivity index (χ0v) is 20.5. The Kier molecular flexibility index (Phi) is 7.20. The minimum atomic E-state index is -1.10. The first kappa shape index (κ1) is 24.5. The van der Waals surface area contributed by atoms with Gasteiger partial charge in [0.2, 0.25) is 0 Å². The summed E-state index contributed by atoms with van der Waals surface area (Å²) >= 11 is 0.774. The zero-order valence-electron chi connectivity index (χ0n) is 19.7. The standard InChI is InChI=1S/C25H29N5O4S/c1-14(2)15-9-11-17(12-10-15)30(25(33)22-19(26)20(23(27)31)29-35-22)21(18-8-5-13-34-18)24(32)28-16-6-3-4-7-16/h5,8-14,16,21H,3-4,6-7,26H2,1-2H3,(H2,27,31)(H,28,32)/t21-/m1/s1. The first-order valence-corrected chi connectivity index (χ1v) is 12.4. The van der Waals surface area contributed by atoms with E-state index in [9.17, 15) is 14.4 Å². The van der Waals surface area contributed by atoms with Crippen LogP contribution in [0, 0.1) is 0 Å². The number of nitrogens with two attached hydrogens (primary N) is 2. The highest BCUT2D eigenvalue weighted by Gasteiger charge is 2.38. The highest BCUT2D eigenvalue weighted by atomic mass is 32.1. The molecule has 0 unspecified atom stereocenters. The van der Waals surface area contributed by atoms with E-state index in [-0.39, 0.29) is 34.1 Å². The summed E-state index contributed by atoms with van der Waals surface area (Å²) in [5, 5.41) is 3.08. The van der Waals surface area contributed by atoms with Crippen LogP contribution >= 0.6 is 11.5 Å². The number of carbonyl (C=O) groups excluding carboxylic acids is 3. The second-order valence-corrected chi connectivity index (χ2v) is 9.74. The molecule has 1 aliphatic rings. The van der Waals surface area contributed by atoms with Gasteiger partial charge in [-0.05, 0) is 60.1 Å². The smallest absolute Gasteiger partial charge is 0.273 e. The summed E-state index contributed by atoms with van der Waals surface area (Å²) in [6, 6.07) is 9.68. The summed E-state index contributed by atoms with van der Waals surface area (Å²) < 4.78 is 9.60. The summed E-state index contributed by atoms with van der Waals surface area (Å²) in [4.78, 5) is 40.7. The van der Waals surface area contributed by atoms with Crippen LogP contribution in [0.15, 0.2) is 47.1 Å². The third-order valence-corrected chi connectivity index (χ3v) is 7.08. The lowest BCUT2D eigenvalue weighted by Gasteiger charge is -2.30. The molecule has 2 heterocycles. The summed E-state index contributed by atoms with van der Waals surface area (Å²) in [5.41, 5.74) is 12.7. The quantitative estimate of drug-likeness (QED) is 0.431. The van der Waals surface area contributed by atoms with Crippen molar-refractivity contribution in [2.24, 2.45) is 5.73 Å². The largest absolute Gasteiger partial charge is 0.467 e. The molecule has 2 aromatic heterocycles. The molecule has 0 radical (unpaired) electrons. The van der Waals surface area contributed by atoms with Crippen molar-refractivity contribution in [2.45, 2.75) is 57.5 Å². The molecule has 0 bridgehead atoms. The molecule has 1 aliphatic carbocycles. The number of benzene rings is 1. The van der Waals surface area contributed by atoms with Crippen LogP contribution in [-0.2, 0) is 4.79 Å². The van der Waals surface area contributed by atoms with E-state index >= 15 is 0 Å². The normalized spacial score (nSPS) is 14.7. The van der Waals surface area contributed by atoms with Gasteiger partial charge < -0.3 is 21.2 Å². The molecule has 5 N–H and O–H groups in total. The number of rotatable bonds is 8. The summed E-state index contributed by atoms with van der Waals surface area (Å²) in [6.07, 6.45) is 5.32. The van der Waals surface area contributed by atoms with Crippen molar-refractivity contribution in [3.63, 3.8) is 0 Å². The van der Waals surface area contributed by atoms with Crippen molar-refractivity contribution in [2.75, 3.05) is 10.6 Å². The van der Waals surface area contributed by atoms with Crippen LogP contribution < -0.4 is 21.7 Å². The van der Waals surface area contributed by atoms with Crippen LogP contribution in [0.3, 0.4) is 0 Å². The Bertz CT molecular complexity index is 1200. The number of hydrogen-bond acceptors (Lipinski definition) is 7. The van der Waals surface area contributed by atoms with Gasteiger partial charge in [0.05, 0.1) is 12.0 Å². The molecule has 1 atom stereocenters. The molecular weight excluding hydrogens is 466 g/mol. The zero-order chi connectivity index (χ0) is 25.1. The molecule has 0 spiro atoms. The van der Waals surface area contributed by atoms with Crippen LogP contribution in [0.25, 0.3) is 0 Å². The Labute approximate surface area is 207 Å². The minimum Gasteiger partial charge on any atom is -0.467 e. The van der Waals surface area contributed by atoms with E-state index in [0.29, 0.717) is 11.4 Å². The van der Waals surface area contributed by atoms with Crippen LogP contribution in [0.2, 0.25) is 0 Å². The number of furan rings is 1. The molecule has 0 aliphatic heterocycles. The monoisotopic (exact) mass is 495 g/mol. The Morgan fingerprint density at radius 1 is 1.14 bits per heavy atom. The third-order valence-electron chi connectivity index (χ3n) is 6.23. The van der Waals surface area contributed by atoms with Gasteiger partial charge in [-0.1, -0.05) is 38.8 Å². The number of hydrogen-bond donors (Lipinski definition) is 3. The number of primary amides is 1. The molecule has 3 amide bonds. The SMILES string of the molecule is CC(C)c1ccc(N(C(=O)c2snc(C(N)=O)c2N)[C@@H](C(=O)NC2CCCC2)c2ccco2)cc1. The molecule has 3 aromatic rings. The van der Waals surface area contributed by atoms with Crippen LogP contribution in [0.4, 0.5) is 11.4 Å². The molecule has 35 heavy (non-hydrogen) atoms. The van der Waals surface area contributed by atoms with Gasteiger partial charge in [0.25, 0.3) is 17.7 Å². The van der Waals surface area contributed by atoms with Gasteiger partial charge in [0.15, 0.2) is 11.7 Å². The lowest BCUT2D eigenvalue weighted by Crippen LogP contribution is -2.46. The van der Waals surface area contributed by atoms with E-state index in [2.05, 4.69) is 23.5 Å². The Morgan fingerprint density at radius 2 is 1.83 bits per heavy atom. The van der Waals surface area contributed by atoms with Gasteiger partial charge in [0.1, 0.15) is 10.6 Å². The summed E-state index contributed by atoms with van der Waals surface area (Å²) in [5.74, 6) is -1.17. The van der Waals surface area contributed by atoms with Gasteiger partial charge >= 0.3 is 0 Å². The molecule has 1 fully saturated rings. The summed E-state index contributed by atoms with van der Waals surface area (Å²) in [6.45, 7) is 4.14. The molecule has 9 nitrogen and oxygen atoms in total. The molecular formula is C25H29N5O4S. The fraction of sp³-hybridized carbons (Fsp3) is 0.360. The van der Waals surface area contributed by atoms with Crippen molar-refractivity contribution in [3.8, 4) is 0 Å². The molecule has 184 valence electrons. The lowest BCUT2D eigenvalue weighted by atomic mass is 10.0. The highest BCUT2D eigenvalue weighted by molar-refractivity contribution is 7.09. The molecule has 4 rings (SSSR count). The van der Waals surface area contributed by atoms with E-state index in [0.717, 1.165) is 42.8 Å². The number of nitrogens with one attached hydrogen (secondary N) is 1. The minimum absolute atomic E-state index is 0.0250. The average Bonchev–Trinajstić information content (AvgIpc) is 3.59. The highest BCUT2D eigenvalue weighted by Crippen LogP contribution is 2.34. The van der Waals surface area contributed by atoms with Gasteiger partial charge in [-0.25, -0.2) is 0 Å². The fourth-order valence-electron chi connectivity index (χ4n) is 4.31. The van der Waals surface area contributed by atoms with E-state index in [4.69, 9.17) is 15.9 Å². The molecule has 1 saturated carbocycles. The van der Waals surface area contributed by atoms with Gasteiger partial charge in [-0.15, -0.1) is 0 Å². The predicted octanol–water partition coefficient (Wildman–Crippen LogP) is 3.99. The van der Waals surface area contributed by atoms with Gasteiger partial charge in [-0.3, -0.25) is 19.3 Å². The maximum atomic E-state index is 13.9. The number of carbonyl (C=O) groups is 3. The number of anilines is 2. The average molecular weight is 496 g/mol. The fourth-order valence-corrected chi connectivity index (χ4v) is 5.06. The van der Waals surface area contributed by atoms with Gasteiger partial charge in [-0.2, -0.15) is 4.37 Å². The van der Waals surface area contributed by atoms with Crippen molar-refractivity contribution in [1.82, 2.24) is 9.69 Å². The van der Waals surface area contributed by atoms with Crippen LogP contribution in [-0.4, -0.2) is 28.1 Å². The van der Waals surface area contributed by atoms with E-state index in [1.165, 1.54) is 11.2 Å². The third kappa shape index (κ3) is 5.07. The second kappa shape index (κ2) is 10.3. The first-order chi connectivity index (χ1) is 16.8. The Hall–Kier alpha value is -3.66. The predicted molar refractivity (Wildman–Crippen MR) is 134 cm³/mol. The van der Waals surface area contributed by atoms with Crippen LogP contribution in [0.5, 0.6) is 0 Å². The van der Waals surface area contributed by atoms with Crippen LogP contribution in [0.1, 0.15) is 83.0 Å². The first-order valence-electron chi connectivity index (χ1n) is 11.6. The summed E-state index contributed by atoms with van der Waals surface area (Å²) in [7, 11) is 0. The topological polar surface area (TPSA) is 145 Å². The number of amides is 3. The second-order valence-electron chi connectivity index (χ2n) is 8.97. The van der Waals surface area contributed by atoms with Gasteiger partial charge in [0, 0.05) is 11.7 Å². The molecule has 10 heteroatoms. The molecule has 1 aromatic carbocycles. The van der Waals surface area contributed by atoms with Crippen molar-refractivity contribution in [1.29, 1.82) is 0 Å². The number of nitrogen functional groups attached to an aromatic ring is 1. The Balaban J connectivity index is 1.81. The Morgan fingerprint density at radius 3 is 2.37 bits per heavy atom. The van der Waals surface area contributed by atoms with Crippen molar-refractivity contribution in [3.05, 3.63) is 64.6 Å².